The number of amides is 2. The zero-order valence-corrected chi connectivity index (χ0v) is 16.6. The summed E-state index contributed by atoms with van der Waals surface area (Å²) in [7, 11) is 0. The number of halogens is 1. The van der Waals surface area contributed by atoms with Gasteiger partial charge in [-0.2, -0.15) is 0 Å². The summed E-state index contributed by atoms with van der Waals surface area (Å²) in [4.78, 5) is 26.1. The molecule has 1 fully saturated rings. The summed E-state index contributed by atoms with van der Waals surface area (Å²) in [5.74, 6) is 0.527. The van der Waals surface area contributed by atoms with Crippen LogP contribution < -0.4 is 4.74 Å². The Labute approximate surface area is 168 Å². The number of ether oxygens (including phenoxy) is 1. The monoisotopic (exact) mass is 401 g/mol. The minimum Gasteiger partial charge on any atom is -0.489 e. The fourth-order valence-electron chi connectivity index (χ4n) is 2.57. The zero-order chi connectivity index (χ0) is 19.2. The summed E-state index contributed by atoms with van der Waals surface area (Å²) in [6.45, 7) is 2.97. The van der Waals surface area contributed by atoms with E-state index in [0.29, 0.717) is 23.1 Å². The Bertz CT molecular complexity index is 847. The maximum atomic E-state index is 12.4. The van der Waals surface area contributed by atoms with Gasteiger partial charge in [0.1, 0.15) is 12.4 Å². The van der Waals surface area contributed by atoms with E-state index in [-0.39, 0.29) is 11.1 Å². The normalized spacial score (nSPS) is 15.6. The van der Waals surface area contributed by atoms with E-state index in [4.69, 9.17) is 16.3 Å². The highest BCUT2D eigenvalue weighted by atomic mass is 35.5. The third-order valence-corrected chi connectivity index (χ3v) is 5.26. The summed E-state index contributed by atoms with van der Waals surface area (Å²) in [5.41, 5.74) is 1.89. The molecule has 0 bridgehead atoms. The molecule has 1 saturated heterocycles. The van der Waals surface area contributed by atoms with Gasteiger partial charge in [-0.1, -0.05) is 49.2 Å². The number of hydrogen-bond donors (Lipinski definition) is 0. The number of rotatable bonds is 7. The molecule has 0 aliphatic carbocycles. The molecule has 0 unspecified atom stereocenters. The molecule has 2 amide bonds. The van der Waals surface area contributed by atoms with Crippen LogP contribution in [0.25, 0.3) is 6.08 Å². The fourth-order valence-corrected chi connectivity index (χ4v) is 3.56. The highest BCUT2D eigenvalue weighted by molar-refractivity contribution is 8.18. The molecule has 2 aromatic carbocycles. The number of nitrogens with zero attached hydrogens (tertiary/aromatic N) is 1. The second kappa shape index (κ2) is 9.11. The quantitative estimate of drug-likeness (QED) is 0.553. The van der Waals surface area contributed by atoms with E-state index in [1.54, 1.807) is 6.08 Å². The molecule has 1 heterocycles. The van der Waals surface area contributed by atoms with E-state index in [2.05, 4.69) is 0 Å². The first-order valence-electron chi connectivity index (χ1n) is 8.79. The number of carbonyl (C=O) groups is 2. The number of benzene rings is 2. The number of carbonyl (C=O) groups excluding carboxylic acids is 2. The lowest BCUT2D eigenvalue weighted by atomic mass is 10.2. The summed E-state index contributed by atoms with van der Waals surface area (Å²) < 4.78 is 5.76. The van der Waals surface area contributed by atoms with Crippen molar-refractivity contribution in [2.45, 2.75) is 26.4 Å². The van der Waals surface area contributed by atoms with Crippen LogP contribution in [0, 0.1) is 0 Å². The molecule has 2 aromatic rings. The van der Waals surface area contributed by atoms with Crippen LogP contribution in [0.2, 0.25) is 5.02 Å². The van der Waals surface area contributed by atoms with Gasteiger partial charge in [-0.3, -0.25) is 14.5 Å². The predicted molar refractivity (Wildman–Crippen MR) is 110 cm³/mol. The van der Waals surface area contributed by atoms with Crippen molar-refractivity contribution in [3.63, 3.8) is 0 Å². The van der Waals surface area contributed by atoms with Crippen LogP contribution in [-0.4, -0.2) is 22.6 Å². The summed E-state index contributed by atoms with van der Waals surface area (Å²) in [5, 5.41) is 0.504. The molecular formula is C21H20ClNO3S. The molecule has 3 rings (SSSR count). The van der Waals surface area contributed by atoms with Crippen molar-refractivity contribution in [2.75, 3.05) is 6.54 Å². The standard InChI is InChI=1S/C21H20ClNO3S/c1-2-3-12-23-20(24)19(27-21(23)25)13-15-6-10-18(11-7-15)26-14-16-4-8-17(22)9-5-16/h4-11,13H,2-3,12,14H2,1H3. The van der Waals surface area contributed by atoms with Crippen molar-refractivity contribution in [3.05, 3.63) is 69.6 Å². The molecule has 4 nitrogen and oxygen atoms in total. The maximum Gasteiger partial charge on any atom is 0.293 e. The van der Waals surface area contributed by atoms with E-state index in [0.717, 1.165) is 41.5 Å². The van der Waals surface area contributed by atoms with Gasteiger partial charge in [-0.15, -0.1) is 0 Å². The van der Waals surface area contributed by atoms with Crippen LogP contribution in [0.4, 0.5) is 4.79 Å². The van der Waals surface area contributed by atoms with E-state index < -0.39 is 0 Å². The Morgan fingerprint density at radius 1 is 1.07 bits per heavy atom. The van der Waals surface area contributed by atoms with Gasteiger partial charge in [0, 0.05) is 11.6 Å². The largest absolute Gasteiger partial charge is 0.489 e. The molecule has 27 heavy (non-hydrogen) atoms. The van der Waals surface area contributed by atoms with Crippen LogP contribution in [0.3, 0.4) is 0 Å². The average molecular weight is 402 g/mol. The van der Waals surface area contributed by atoms with Gasteiger partial charge in [0.25, 0.3) is 11.1 Å². The van der Waals surface area contributed by atoms with Crippen molar-refractivity contribution in [3.8, 4) is 5.75 Å². The third-order valence-electron chi connectivity index (χ3n) is 4.11. The van der Waals surface area contributed by atoms with Crippen molar-refractivity contribution in [1.82, 2.24) is 4.90 Å². The Kier molecular flexibility index (Phi) is 6.58. The Morgan fingerprint density at radius 3 is 2.44 bits per heavy atom. The maximum absolute atomic E-state index is 12.4. The van der Waals surface area contributed by atoms with Crippen LogP contribution in [0.5, 0.6) is 5.75 Å². The second-order valence-electron chi connectivity index (χ2n) is 6.17. The molecule has 0 spiro atoms. The van der Waals surface area contributed by atoms with Gasteiger partial charge in [0.2, 0.25) is 0 Å². The fraction of sp³-hybridized carbons (Fsp3) is 0.238. The topological polar surface area (TPSA) is 46.6 Å². The Hall–Kier alpha value is -2.24. The Morgan fingerprint density at radius 2 is 1.78 bits per heavy atom. The summed E-state index contributed by atoms with van der Waals surface area (Å²) >= 11 is 6.87. The first kappa shape index (κ1) is 19.5. The number of imide groups is 1. The average Bonchev–Trinajstić information content (AvgIpc) is 2.94. The van der Waals surface area contributed by atoms with Gasteiger partial charge in [-0.05, 0) is 59.7 Å². The zero-order valence-electron chi connectivity index (χ0n) is 15.0. The van der Waals surface area contributed by atoms with Crippen LogP contribution in [-0.2, 0) is 11.4 Å². The molecule has 1 aliphatic heterocycles. The highest BCUT2D eigenvalue weighted by Crippen LogP contribution is 2.32. The van der Waals surface area contributed by atoms with Gasteiger partial charge in [0.05, 0.1) is 4.91 Å². The van der Waals surface area contributed by atoms with Gasteiger partial charge in [0.15, 0.2) is 0 Å². The molecule has 0 radical (unpaired) electrons. The van der Waals surface area contributed by atoms with Gasteiger partial charge < -0.3 is 4.74 Å². The number of unbranched alkanes of at least 4 members (excludes halogenated alkanes) is 1. The SMILES string of the molecule is CCCCN1C(=O)SC(=Cc2ccc(OCc3ccc(Cl)cc3)cc2)C1=O. The highest BCUT2D eigenvalue weighted by Gasteiger charge is 2.34. The van der Waals surface area contributed by atoms with Crippen LogP contribution >= 0.6 is 23.4 Å². The van der Waals surface area contributed by atoms with E-state index in [1.807, 2.05) is 55.5 Å². The summed E-state index contributed by atoms with van der Waals surface area (Å²) in [6.07, 6.45) is 3.52. The minimum absolute atomic E-state index is 0.192. The lowest BCUT2D eigenvalue weighted by molar-refractivity contribution is -0.122. The van der Waals surface area contributed by atoms with Crippen LogP contribution in [0.1, 0.15) is 30.9 Å². The van der Waals surface area contributed by atoms with E-state index in [1.165, 1.54) is 4.90 Å². The van der Waals surface area contributed by atoms with Gasteiger partial charge in [-0.25, -0.2) is 0 Å². The van der Waals surface area contributed by atoms with Crippen LogP contribution in [0.15, 0.2) is 53.4 Å². The predicted octanol–water partition coefficient (Wildman–Crippen LogP) is 5.76. The van der Waals surface area contributed by atoms with Crippen molar-refractivity contribution in [1.29, 1.82) is 0 Å². The first-order valence-corrected chi connectivity index (χ1v) is 9.99. The minimum atomic E-state index is -0.207. The smallest absolute Gasteiger partial charge is 0.293 e. The molecule has 140 valence electrons. The molecule has 6 heteroatoms. The molecule has 1 aliphatic rings. The first-order chi connectivity index (χ1) is 13.1. The second-order valence-corrected chi connectivity index (χ2v) is 7.60. The molecule has 0 atom stereocenters. The summed E-state index contributed by atoms with van der Waals surface area (Å²) in [6, 6.07) is 14.9. The van der Waals surface area contributed by atoms with Crippen molar-refractivity contribution >= 4 is 40.6 Å². The molecular weight excluding hydrogens is 382 g/mol. The molecule has 0 N–H and O–H groups in total. The number of hydrogen-bond acceptors (Lipinski definition) is 4. The third kappa shape index (κ3) is 5.15. The van der Waals surface area contributed by atoms with Crippen molar-refractivity contribution in [2.24, 2.45) is 0 Å². The van der Waals surface area contributed by atoms with E-state index >= 15 is 0 Å². The van der Waals surface area contributed by atoms with Crippen molar-refractivity contribution < 1.29 is 14.3 Å². The molecule has 0 aromatic heterocycles. The van der Waals surface area contributed by atoms with Gasteiger partial charge >= 0.3 is 0 Å². The lowest BCUT2D eigenvalue weighted by Crippen LogP contribution is -2.29. The Balaban J connectivity index is 1.61. The molecule has 0 saturated carbocycles. The van der Waals surface area contributed by atoms with E-state index in [9.17, 15) is 9.59 Å². The lowest BCUT2D eigenvalue weighted by Gasteiger charge is -2.10. The number of thioether (sulfide) groups is 1.